The van der Waals surface area contributed by atoms with E-state index in [1.54, 1.807) is 13.1 Å². The molecule has 0 unspecified atom stereocenters. The van der Waals surface area contributed by atoms with Gasteiger partial charge in [-0.1, -0.05) is 0 Å². The predicted octanol–water partition coefficient (Wildman–Crippen LogP) is 1.62. The Kier molecular flexibility index (Phi) is 2.26. The minimum Gasteiger partial charge on any atom is -0.351 e. The second kappa shape index (κ2) is 3.80. The second-order valence-electron chi connectivity index (χ2n) is 4.24. The first-order valence-electron chi connectivity index (χ1n) is 5.63. The van der Waals surface area contributed by atoms with E-state index in [9.17, 15) is 4.79 Å². The molecule has 0 spiro atoms. The second-order valence-corrected chi connectivity index (χ2v) is 4.24. The van der Waals surface area contributed by atoms with Gasteiger partial charge in [0.05, 0.1) is 5.57 Å². The highest BCUT2D eigenvalue weighted by molar-refractivity contribution is 6.34. The molecule has 90 valence electrons. The van der Waals surface area contributed by atoms with Gasteiger partial charge in [-0.25, -0.2) is 9.97 Å². The molecule has 0 saturated heterocycles. The molecule has 2 aromatic rings. The Morgan fingerprint density at radius 3 is 3.00 bits per heavy atom. The highest BCUT2D eigenvalue weighted by Crippen LogP contribution is 2.30. The van der Waals surface area contributed by atoms with Crippen molar-refractivity contribution in [2.75, 3.05) is 5.32 Å². The molecule has 3 heterocycles. The first kappa shape index (κ1) is 10.7. The van der Waals surface area contributed by atoms with Crippen LogP contribution in [0, 0.1) is 6.92 Å². The van der Waals surface area contributed by atoms with Crippen LogP contribution in [0.5, 0.6) is 0 Å². The van der Waals surface area contributed by atoms with E-state index in [1.165, 1.54) is 0 Å². The van der Waals surface area contributed by atoms with Crippen molar-refractivity contribution < 1.29 is 4.79 Å². The summed E-state index contributed by atoms with van der Waals surface area (Å²) in [5.74, 6) is 1.10. The zero-order valence-corrected chi connectivity index (χ0v) is 10.1. The lowest BCUT2D eigenvalue weighted by atomic mass is 10.1. The van der Waals surface area contributed by atoms with Crippen molar-refractivity contribution in [1.29, 1.82) is 0 Å². The summed E-state index contributed by atoms with van der Waals surface area (Å²) in [7, 11) is 1.94. The van der Waals surface area contributed by atoms with E-state index < -0.39 is 0 Å². The molecule has 5 nitrogen and oxygen atoms in total. The summed E-state index contributed by atoms with van der Waals surface area (Å²) in [6.45, 7) is 1.80. The monoisotopic (exact) mass is 240 g/mol. The molecule has 0 aliphatic carbocycles. The molecule has 0 fully saturated rings. The van der Waals surface area contributed by atoms with Gasteiger partial charge in [0, 0.05) is 30.7 Å². The maximum absolute atomic E-state index is 11.9. The average molecular weight is 240 g/mol. The Bertz CT molecular complexity index is 669. The fourth-order valence-corrected chi connectivity index (χ4v) is 1.98. The van der Waals surface area contributed by atoms with E-state index in [0.29, 0.717) is 17.2 Å². The van der Waals surface area contributed by atoms with Gasteiger partial charge >= 0.3 is 0 Å². The third-order valence-corrected chi connectivity index (χ3v) is 2.95. The highest BCUT2D eigenvalue weighted by atomic mass is 16.2. The fraction of sp³-hybridized carbons (Fsp3) is 0.154. The number of anilines is 1. The van der Waals surface area contributed by atoms with E-state index in [1.807, 2.05) is 36.0 Å². The number of carbonyl (C=O) groups excluding carboxylic acids is 1. The van der Waals surface area contributed by atoms with Crippen LogP contribution in [0.1, 0.15) is 17.1 Å². The van der Waals surface area contributed by atoms with E-state index in [0.717, 1.165) is 11.3 Å². The van der Waals surface area contributed by atoms with Crippen molar-refractivity contribution in [1.82, 2.24) is 14.5 Å². The normalized spacial score (nSPS) is 15.9. The van der Waals surface area contributed by atoms with Crippen LogP contribution in [0.4, 0.5) is 5.82 Å². The van der Waals surface area contributed by atoms with Crippen molar-refractivity contribution in [2.24, 2.45) is 7.05 Å². The van der Waals surface area contributed by atoms with Gasteiger partial charge in [-0.3, -0.25) is 4.79 Å². The van der Waals surface area contributed by atoms with Gasteiger partial charge in [-0.05, 0) is 25.1 Å². The van der Waals surface area contributed by atoms with Gasteiger partial charge in [-0.15, -0.1) is 0 Å². The number of aromatic nitrogens is 3. The molecule has 1 amide bonds. The molecule has 1 N–H and O–H groups in total. The molecular formula is C13H12N4O. The molecule has 0 radical (unpaired) electrons. The van der Waals surface area contributed by atoms with E-state index >= 15 is 0 Å². The topological polar surface area (TPSA) is 59.8 Å². The summed E-state index contributed by atoms with van der Waals surface area (Å²) in [6, 6.07) is 3.89. The fourth-order valence-electron chi connectivity index (χ4n) is 1.98. The first-order chi connectivity index (χ1) is 8.65. The largest absolute Gasteiger partial charge is 0.351 e. The summed E-state index contributed by atoms with van der Waals surface area (Å²) in [4.78, 5) is 20.3. The summed E-state index contributed by atoms with van der Waals surface area (Å²) < 4.78 is 1.95. The number of nitrogens with one attached hydrogen (secondary N) is 1. The standard InChI is InChI=1S/C13H12N4O/c1-8-14-7-11-10(13(18)16-12(11)15-8)6-9-4-3-5-17(9)2/h3-7H,1-2H3,(H,14,15,16,18). The molecule has 0 saturated carbocycles. The van der Waals surface area contributed by atoms with Crippen LogP contribution in [0.15, 0.2) is 24.5 Å². The lowest BCUT2D eigenvalue weighted by Crippen LogP contribution is -2.04. The first-order valence-corrected chi connectivity index (χ1v) is 5.63. The Morgan fingerprint density at radius 1 is 1.44 bits per heavy atom. The van der Waals surface area contributed by atoms with Crippen LogP contribution in [0.3, 0.4) is 0 Å². The number of fused-ring (bicyclic) bond motifs is 1. The molecule has 0 atom stereocenters. The number of hydrogen-bond acceptors (Lipinski definition) is 3. The summed E-state index contributed by atoms with van der Waals surface area (Å²) >= 11 is 0. The Balaban J connectivity index is 2.12. The van der Waals surface area contributed by atoms with Crippen LogP contribution in [-0.2, 0) is 11.8 Å². The minimum absolute atomic E-state index is 0.133. The number of nitrogens with zero attached hydrogens (tertiary/aromatic N) is 3. The number of rotatable bonds is 1. The zero-order valence-electron chi connectivity index (χ0n) is 10.1. The van der Waals surface area contributed by atoms with Crippen molar-refractivity contribution in [3.05, 3.63) is 41.6 Å². The zero-order chi connectivity index (χ0) is 12.7. The Morgan fingerprint density at radius 2 is 2.28 bits per heavy atom. The van der Waals surface area contributed by atoms with Gasteiger partial charge < -0.3 is 9.88 Å². The maximum atomic E-state index is 11.9. The van der Waals surface area contributed by atoms with Crippen LogP contribution in [0.25, 0.3) is 11.6 Å². The Hall–Kier alpha value is -2.43. The van der Waals surface area contributed by atoms with Crippen LogP contribution in [0.2, 0.25) is 0 Å². The van der Waals surface area contributed by atoms with E-state index in [2.05, 4.69) is 15.3 Å². The third-order valence-electron chi connectivity index (χ3n) is 2.95. The van der Waals surface area contributed by atoms with Crippen molar-refractivity contribution in [3.63, 3.8) is 0 Å². The number of carbonyl (C=O) groups is 1. The maximum Gasteiger partial charge on any atom is 0.257 e. The molecule has 3 rings (SSSR count). The lowest BCUT2D eigenvalue weighted by molar-refractivity contribution is -0.110. The van der Waals surface area contributed by atoms with Crippen LogP contribution in [-0.4, -0.2) is 20.4 Å². The molecule has 0 aromatic carbocycles. The molecular weight excluding hydrogens is 228 g/mol. The van der Waals surface area contributed by atoms with Crippen molar-refractivity contribution in [2.45, 2.75) is 6.92 Å². The van der Waals surface area contributed by atoms with Crippen molar-refractivity contribution in [3.8, 4) is 0 Å². The smallest absolute Gasteiger partial charge is 0.257 e. The van der Waals surface area contributed by atoms with Gasteiger partial charge in [-0.2, -0.15) is 0 Å². The summed E-state index contributed by atoms with van der Waals surface area (Å²) in [5, 5.41) is 2.75. The molecule has 0 bridgehead atoms. The highest BCUT2D eigenvalue weighted by Gasteiger charge is 2.26. The minimum atomic E-state index is -0.133. The van der Waals surface area contributed by atoms with Gasteiger partial charge in [0.2, 0.25) is 0 Å². The summed E-state index contributed by atoms with van der Waals surface area (Å²) in [5.41, 5.74) is 2.33. The van der Waals surface area contributed by atoms with Gasteiger partial charge in [0.1, 0.15) is 11.6 Å². The van der Waals surface area contributed by atoms with Crippen LogP contribution < -0.4 is 5.32 Å². The molecule has 1 aliphatic heterocycles. The lowest BCUT2D eigenvalue weighted by Gasteiger charge is -1.99. The quantitative estimate of drug-likeness (QED) is 0.770. The molecule has 18 heavy (non-hydrogen) atoms. The molecule has 2 aromatic heterocycles. The van der Waals surface area contributed by atoms with Crippen LogP contribution >= 0.6 is 0 Å². The number of hydrogen-bond donors (Lipinski definition) is 1. The Labute approximate surface area is 104 Å². The summed E-state index contributed by atoms with van der Waals surface area (Å²) in [6.07, 6.45) is 5.47. The molecule has 1 aliphatic rings. The van der Waals surface area contributed by atoms with E-state index in [-0.39, 0.29) is 5.91 Å². The van der Waals surface area contributed by atoms with Gasteiger partial charge in [0.15, 0.2) is 0 Å². The van der Waals surface area contributed by atoms with Gasteiger partial charge in [0.25, 0.3) is 5.91 Å². The average Bonchev–Trinajstić information content (AvgIpc) is 2.85. The molecule has 5 heteroatoms. The SMILES string of the molecule is Cc1ncc2c(n1)NC(=O)C2=Cc1cccn1C. The van der Waals surface area contributed by atoms with E-state index in [4.69, 9.17) is 0 Å². The predicted molar refractivity (Wildman–Crippen MR) is 68.7 cm³/mol. The van der Waals surface area contributed by atoms with Crippen molar-refractivity contribution >= 4 is 23.4 Å². The third kappa shape index (κ3) is 1.60. The number of amides is 1. The number of aryl methyl sites for hydroxylation is 2.